The van der Waals surface area contributed by atoms with Gasteiger partial charge in [-0.05, 0) is 18.6 Å². The van der Waals surface area contributed by atoms with E-state index in [1.165, 1.54) is 11.8 Å². The lowest BCUT2D eigenvalue weighted by Crippen LogP contribution is -2.17. The van der Waals surface area contributed by atoms with Crippen molar-refractivity contribution < 1.29 is 4.79 Å². The number of Topliss-reactive ketones (excluding diaryl/α,β-unsaturated/α-hetero) is 1. The maximum Gasteiger partial charge on any atom is 0.343 e. The van der Waals surface area contributed by atoms with E-state index in [0.29, 0.717) is 17.4 Å². The van der Waals surface area contributed by atoms with E-state index in [-0.39, 0.29) is 17.2 Å². The first-order valence-electron chi connectivity index (χ1n) is 6.06. The topological polar surface area (TPSA) is 72.7 Å². The number of rotatable bonds is 6. The molecule has 102 valence electrons. The molecule has 2 aromatic heterocycles. The van der Waals surface area contributed by atoms with Crippen LogP contribution < -0.4 is 5.69 Å². The standard InChI is InChI=1S/C12H16N4O2S/c1-3-6-16-11(18)13-14-12(16)19-8-10(17)9-5-4-7-15(9)2/h4-5,7H,3,6,8H2,1-2H3,(H,13,18). The summed E-state index contributed by atoms with van der Waals surface area (Å²) in [5, 5.41) is 6.92. The van der Waals surface area contributed by atoms with Crippen molar-refractivity contribution in [2.75, 3.05) is 5.75 Å². The number of nitrogens with zero attached hydrogens (tertiary/aromatic N) is 3. The van der Waals surface area contributed by atoms with Crippen LogP contribution in [0.15, 0.2) is 28.3 Å². The summed E-state index contributed by atoms with van der Waals surface area (Å²) in [6.45, 7) is 2.60. The zero-order chi connectivity index (χ0) is 13.8. The van der Waals surface area contributed by atoms with Crippen molar-refractivity contribution in [1.82, 2.24) is 19.3 Å². The molecular weight excluding hydrogens is 264 g/mol. The Kier molecular flexibility index (Phi) is 4.26. The summed E-state index contributed by atoms with van der Waals surface area (Å²) in [5.41, 5.74) is 0.433. The molecule has 0 atom stereocenters. The maximum absolute atomic E-state index is 12.0. The molecule has 0 saturated heterocycles. The Balaban J connectivity index is 2.05. The smallest absolute Gasteiger partial charge is 0.343 e. The molecule has 0 amide bonds. The highest BCUT2D eigenvalue weighted by Crippen LogP contribution is 2.15. The van der Waals surface area contributed by atoms with Crippen LogP contribution in [0.5, 0.6) is 0 Å². The third-order valence-electron chi connectivity index (χ3n) is 2.73. The van der Waals surface area contributed by atoms with E-state index in [1.54, 1.807) is 15.2 Å². The van der Waals surface area contributed by atoms with Gasteiger partial charge in [-0.15, -0.1) is 5.10 Å². The van der Waals surface area contributed by atoms with Gasteiger partial charge in [-0.25, -0.2) is 9.89 Å². The number of thioether (sulfide) groups is 1. The van der Waals surface area contributed by atoms with E-state index >= 15 is 0 Å². The monoisotopic (exact) mass is 280 g/mol. The minimum Gasteiger partial charge on any atom is -0.348 e. The highest BCUT2D eigenvalue weighted by atomic mass is 32.2. The Hall–Kier alpha value is -1.76. The largest absolute Gasteiger partial charge is 0.348 e. The molecule has 0 radical (unpaired) electrons. The molecule has 2 aromatic rings. The average molecular weight is 280 g/mol. The minimum absolute atomic E-state index is 0.0241. The second-order valence-electron chi connectivity index (χ2n) is 4.18. The first kappa shape index (κ1) is 13.7. The third kappa shape index (κ3) is 2.98. The molecule has 0 aliphatic carbocycles. The first-order valence-corrected chi connectivity index (χ1v) is 7.04. The van der Waals surface area contributed by atoms with E-state index in [9.17, 15) is 9.59 Å². The molecule has 2 heterocycles. The highest BCUT2D eigenvalue weighted by molar-refractivity contribution is 7.99. The fourth-order valence-corrected chi connectivity index (χ4v) is 2.64. The first-order chi connectivity index (χ1) is 9.13. The van der Waals surface area contributed by atoms with Crippen molar-refractivity contribution in [2.24, 2.45) is 7.05 Å². The number of aromatic nitrogens is 4. The number of hydrogen-bond acceptors (Lipinski definition) is 4. The van der Waals surface area contributed by atoms with Crippen molar-refractivity contribution in [1.29, 1.82) is 0 Å². The van der Waals surface area contributed by atoms with Crippen molar-refractivity contribution >= 4 is 17.5 Å². The predicted octanol–water partition coefficient (Wildman–Crippen LogP) is 1.29. The molecule has 0 saturated carbocycles. The second-order valence-corrected chi connectivity index (χ2v) is 5.12. The van der Waals surface area contributed by atoms with Crippen LogP contribution in [0.3, 0.4) is 0 Å². The number of aryl methyl sites for hydroxylation is 1. The summed E-state index contributed by atoms with van der Waals surface area (Å²) in [6, 6.07) is 3.62. The molecule has 0 aliphatic rings. The van der Waals surface area contributed by atoms with Crippen molar-refractivity contribution in [3.05, 3.63) is 34.5 Å². The third-order valence-corrected chi connectivity index (χ3v) is 3.71. The molecule has 19 heavy (non-hydrogen) atoms. The summed E-state index contributed by atoms with van der Waals surface area (Å²) in [4.78, 5) is 23.5. The Bertz CT molecular complexity index is 626. The maximum atomic E-state index is 12.0. The van der Waals surface area contributed by atoms with Crippen molar-refractivity contribution in [2.45, 2.75) is 25.0 Å². The van der Waals surface area contributed by atoms with Gasteiger partial charge in [0.1, 0.15) is 0 Å². The van der Waals surface area contributed by atoms with Gasteiger partial charge in [0.05, 0.1) is 11.4 Å². The van der Waals surface area contributed by atoms with Crippen molar-refractivity contribution in [3.63, 3.8) is 0 Å². The highest BCUT2D eigenvalue weighted by Gasteiger charge is 2.13. The lowest BCUT2D eigenvalue weighted by Gasteiger charge is -2.04. The predicted molar refractivity (Wildman–Crippen MR) is 73.6 cm³/mol. The van der Waals surface area contributed by atoms with Gasteiger partial charge in [0.25, 0.3) is 0 Å². The Morgan fingerprint density at radius 1 is 1.53 bits per heavy atom. The SMILES string of the molecule is CCCn1c(SCC(=O)c2cccn2C)n[nH]c1=O. The van der Waals surface area contributed by atoms with Gasteiger partial charge < -0.3 is 4.57 Å². The van der Waals surface area contributed by atoms with Gasteiger partial charge >= 0.3 is 5.69 Å². The molecule has 0 aliphatic heterocycles. The molecule has 7 heteroatoms. The van der Waals surface area contributed by atoms with Gasteiger partial charge in [0, 0.05) is 19.8 Å². The molecule has 0 spiro atoms. The van der Waals surface area contributed by atoms with Crippen LogP contribution in [0.4, 0.5) is 0 Å². The average Bonchev–Trinajstić information content (AvgIpc) is 2.95. The molecule has 1 N–H and O–H groups in total. The summed E-state index contributed by atoms with van der Waals surface area (Å²) < 4.78 is 3.34. The summed E-state index contributed by atoms with van der Waals surface area (Å²) in [7, 11) is 1.83. The van der Waals surface area contributed by atoms with Crippen LogP contribution >= 0.6 is 11.8 Å². The van der Waals surface area contributed by atoms with Crippen molar-refractivity contribution in [3.8, 4) is 0 Å². The van der Waals surface area contributed by atoms with E-state index in [4.69, 9.17) is 0 Å². The normalized spacial score (nSPS) is 10.8. The quantitative estimate of drug-likeness (QED) is 0.639. The minimum atomic E-state index is -0.226. The number of nitrogens with one attached hydrogen (secondary N) is 1. The van der Waals surface area contributed by atoms with Crippen LogP contribution in [0.25, 0.3) is 0 Å². The second kappa shape index (κ2) is 5.92. The fourth-order valence-electron chi connectivity index (χ4n) is 1.79. The molecule has 0 bridgehead atoms. The lowest BCUT2D eigenvalue weighted by molar-refractivity contribution is 0.101. The molecule has 0 fully saturated rings. The number of carbonyl (C=O) groups is 1. The lowest BCUT2D eigenvalue weighted by atomic mass is 10.3. The van der Waals surface area contributed by atoms with E-state index in [2.05, 4.69) is 10.2 Å². The van der Waals surface area contributed by atoms with Crippen LogP contribution in [-0.2, 0) is 13.6 Å². The number of hydrogen-bond donors (Lipinski definition) is 1. The summed E-state index contributed by atoms with van der Waals surface area (Å²) >= 11 is 1.28. The Morgan fingerprint density at radius 2 is 2.32 bits per heavy atom. The van der Waals surface area contributed by atoms with Crippen LogP contribution in [0.2, 0.25) is 0 Å². The zero-order valence-electron chi connectivity index (χ0n) is 10.9. The van der Waals surface area contributed by atoms with Gasteiger partial charge in [0.2, 0.25) is 0 Å². The van der Waals surface area contributed by atoms with E-state index in [1.807, 2.05) is 26.2 Å². The Labute approximate surface area is 114 Å². The van der Waals surface area contributed by atoms with E-state index in [0.717, 1.165) is 6.42 Å². The summed E-state index contributed by atoms with van der Waals surface area (Å²) in [5.74, 6) is 0.294. The molecule has 2 rings (SSSR count). The number of H-pyrrole nitrogens is 1. The van der Waals surface area contributed by atoms with Gasteiger partial charge in [-0.1, -0.05) is 18.7 Å². The van der Waals surface area contributed by atoms with Crippen LogP contribution in [0.1, 0.15) is 23.8 Å². The number of ketones is 1. The summed E-state index contributed by atoms with van der Waals surface area (Å²) in [6.07, 6.45) is 2.68. The number of carbonyl (C=O) groups excluding carboxylic acids is 1. The Morgan fingerprint density at radius 3 is 2.95 bits per heavy atom. The van der Waals surface area contributed by atoms with E-state index < -0.39 is 0 Å². The fraction of sp³-hybridized carbons (Fsp3) is 0.417. The van der Waals surface area contributed by atoms with Crippen LogP contribution in [0, 0.1) is 0 Å². The molecule has 0 unspecified atom stereocenters. The molecule has 6 nitrogen and oxygen atoms in total. The zero-order valence-corrected chi connectivity index (χ0v) is 11.7. The van der Waals surface area contributed by atoms with Crippen LogP contribution in [-0.4, -0.2) is 30.9 Å². The van der Waals surface area contributed by atoms with Gasteiger partial charge in [-0.3, -0.25) is 9.36 Å². The van der Waals surface area contributed by atoms with Gasteiger partial charge in [-0.2, -0.15) is 0 Å². The number of aromatic amines is 1. The molecular formula is C12H16N4O2S. The molecule has 0 aromatic carbocycles. The van der Waals surface area contributed by atoms with Gasteiger partial charge in [0.15, 0.2) is 10.9 Å².